The molecular weight excluding hydrogens is 625 g/mol. The lowest BCUT2D eigenvalue weighted by atomic mass is 9.60. The van der Waals surface area contributed by atoms with Crippen LogP contribution in [-0.2, 0) is 25.7 Å². The van der Waals surface area contributed by atoms with Gasteiger partial charge in [-0.25, -0.2) is 0 Å². The highest BCUT2D eigenvalue weighted by molar-refractivity contribution is 5.94. The highest BCUT2D eigenvalue weighted by Gasteiger charge is 2.43. The minimum atomic E-state index is 0.305. The van der Waals surface area contributed by atoms with E-state index in [2.05, 4.69) is 146 Å². The molecule has 0 spiro atoms. The minimum absolute atomic E-state index is 0.305. The quantitative estimate of drug-likeness (QED) is 0.152. The van der Waals surface area contributed by atoms with E-state index in [1.165, 1.54) is 111 Å². The topological polar surface area (TPSA) is 0 Å². The van der Waals surface area contributed by atoms with Crippen molar-refractivity contribution in [1.29, 1.82) is 0 Å². The van der Waals surface area contributed by atoms with E-state index in [0.717, 1.165) is 25.7 Å². The van der Waals surface area contributed by atoms with Crippen LogP contribution < -0.4 is 0 Å². The van der Waals surface area contributed by atoms with Crippen molar-refractivity contribution in [2.45, 2.75) is 49.4 Å². The number of hydrogen-bond donors (Lipinski definition) is 0. The second kappa shape index (κ2) is 9.99. The molecule has 0 radical (unpaired) electrons. The second-order valence-corrected chi connectivity index (χ2v) is 16.1. The van der Waals surface area contributed by atoms with Crippen molar-refractivity contribution in [2.75, 3.05) is 0 Å². The highest BCUT2D eigenvalue weighted by atomic mass is 14.5. The van der Waals surface area contributed by atoms with Crippen LogP contribution in [0.3, 0.4) is 0 Å². The molecule has 0 saturated carbocycles. The summed E-state index contributed by atoms with van der Waals surface area (Å²) in [6.07, 6.45) is 4.17. The Kier molecular flexibility index (Phi) is 5.37. The molecule has 0 aromatic heterocycles. The van der Waals surface area contributed by atoms with Crippen LogP contribution in [0.2, 0.25) is 0 Å². The summed E-state index contributed by atoms with van der Waals surface area (Å²) < 4.78 is 0. The molecule has 8 aliphatic carbocycles. The summed E-state index contributed by atoms with van der Waals surface area (Å²) in [5, 5.41) is 5.89. The van der Waals surface area contributed by atoms with Gasteiger partial charge in [-0.2, -0.15) is 0 Å². The zero-order valence-corrected chi connectivity index (χ0v) is 29.0. The van der Waals surface area contributed by atoms with Crippen molar-refractivity contribution in [2.24, 2.45) is 0 Å². The second-order valence-electron chi connectivity index (χ2n) is 16.1. The van der Waals surface area contributed by atoms with Gasteiger partial charge < -0.3 is 0 Å². The van der Waals surface area contributed by atoms with Crippen molar-refractivity contribution in [1.82, 2.24) is 0 Å². The SMILES string of the molecule is c1ccc2c(c1)C1c3ccccc3C2c2cc3c4ccc(c3cc21)CCc1ccc(c2cc3c(cc12)C1c2ccccc2C3c2ccccc21)CC4. The van der Waals surface area contributed by atoms with Gasteiger partial charge in [-0.1, -0.05) is 121 Å². The number of rotatable bonds is 0. The van der Waals surface area contributed by atoms with Gasteiger partial charge in [0, 0.05) is 23.7 Å². The summed E-state index contributed by atoms with van der Waals surface area (Å²) in [4.78, 5) is 0. The Hall–Kier alpha value is -5.72. The molecular formula is C52H36. The molecule has 0 amide bonds. The van der Waals surface area contributed by atoms with E-state index >= 15 is 0 Å². The van der Waals surface area contributed by atoms with Crippen LogP contribution in [-0.4, -0.2) is 0 Å². The van der Waals surface area contributed by atoms with Gasteiger partial charge in [-0.15, -0.1) is 0 Å². The molecule has 8 aliphatic rings. The molecule has 0 saturated heterocycles. The van der Waals surface area contributed by atoms with Crippen LogP contribution >= 0.6 is 0 Å². The first-order valence-electron chi connectivity index (χ1n) is 19.3. The fourth-order valence-corrected chi connectivity index (χ4v) is 11.7. The summed E-state index contributed by atoms with van der Waals surface area (Å²) in [6, 6.07) is 57.3. The van der Waals surface area contributed by atoms with Gasteiger partial charge in [0.05, 0.1) is 0 Å². The van der Waals surface area contributed by atoms with Gasteiger partial charge in [0.2, 0.25) is 0 Å². The number of fused-ring (bicyclic) bond motifs is 4. The summed E-state index contributed by atoms with van der Waals surface area (Å²) in [5.41, 5.74) is 24.0. The van der Waals surface area contributed by atoms with E-state index < -0.39 is 0 Å². The Balaban J connectivity index is 0.989. The normalized spacial score (nSPS) is 20.8. The number of aryl methyl sites for hydroxylation is 4. The highest BCUT2D eigenvalue weighted by Crippen LogP contribution is 2.58. The Morgan fingerprint density at radius 1 is 0.231 bits per heavy atom. The molecule has 0 heterocycles. The number of benzene rings is 8. The van der Waals surface area contributed by atoms with Crippen molar-refractivity contribution in [3.05, 3.63) is 235 Å². The zero-order chi connectivity index (χ0) is 33.7. The molecule has 0 N–H and O–H groups in total. The van der Waals surface area contributed by atoms with Crippen LogP contribution in [0.1, 0.15) is 113 Å². The standard InChI is InChI=1S/C52H36/c1-2-10-34-33(9-1)49-35-11-3-4-12-36(35)50(34)46-26-42-30-18-17-29(41(42)25-45(46)49)21-22-31-19-20-32(24-23-30)44-28-48-47(27-43(31)44)51-37-13-5-7-15-39(37)52(48)40-16-8-6-14-38(40)51/h1-20,25-28,49-52H,21-24H2. The lowest BCUT2D eigenvalue weighted by Crippen LogP contribution is -2.27. The molecule has 244 valence electrons. The van der Waals surface area contributed by atoms with Gasteiger partial charge >= 0.3 is 0 Å². The molecule has 8 aromatic rings. The van der Waals surface area contributed by atoms with Gasteiger partial charge in [0.25, 0.3) is 0 Å². The van der Waals surface area contributed by atoms with Crippen molar-refractivity contribution < 1.29 is 0 Å². The van der Waals surface area contributed by atoms with E-state index in [1.807, 2.05) is 0 Å². The summed E-state index contributed by atoms with van der Waals surface area (Å²) in [5.74, 6) is 1.22. The van der Waals surface area contributed by atoms with Crippen LogP contribution in [0.4, 0.5) is 0 Å². The van der Waals surface area contributed by atoms with Crippen LogP contribution in [0.5, 0.6) is 0 Å². The lowest BCUT2D eigenvalue weighted by molar-refractivity contribution is 0.755. The van der Waals surface area contributed by atoms with Crippen LogP contribution in [0.15, 0.2) is 146 Å². The molecule has 0 fully saturated rings. The Morgan fingerprint density at radius 3 is 0.615 bits per heavy atom. The summed E-state index contributed by atoms with van der Waals surface area (Å²) >= 11 is 0. The fraction of sp³-hybridized carbons (Fsp3) is 0.154. The molecule has 0 nitrogen and oxygen atoms in total. The van der Waals surface area contributed by atoms with Crippen LogP contribution in [0.25, 0.3) is 21.5 Å². The molecule has 52 heavy (non-hydrogen) atoms. The largest absolute Gasteiger partial charge is 0.0619 e. The summed E-state index contributed by atoms with van der Waals surface area (Å²) in [6.45, 7) is 0. The molecule has 8 aromatic carbocycles. The zero-order valence-electron chi connectivity index (χ0n) is 29.0. The van der Waals surface area contributed by atoms with E-state index in [0.29, 0.717) is 23.7 Å². The number of hydrogen-bond acceptors (Lipinski definition) is 0. The monoisotopic (exact) mass is 660 g/mol. The third-order valence-electron chi connectivity index (χ3n) is 13.8. The Morgan fingerprint density at radius 2 is 0.423 bits per heavy atom. The predicted octanol–water partition coefficient (Wildman–Crippen LogP) is 11.9. The molecule has 0 aliphatic heterocycles. The van der Waals surface area contributed by atoms with E-state index in [4.69, 9.17) is 0 Å². The van der Waals surface area contributed by atoms with E-state index in [1.54, 1.807) is 0 Å². The maximum absolute atomic E-state index is 2.63. The predicted molar refractivity (Wildman–Crippen MR) is 212 cm³/mol. The van der Waals surface area contributed by atoms with Crippen molar-refractivity contribution in [3.63, 3.8) is 0 Å². The fourth-order valence-electron chi connectivity index (χ4n) is 11.7. The first-order valence-corrected chi connectivity index (χ1v) is 19.3. The average Bonchev–Trinajstić information content (AvgIpc) is 3.20. The van der Waals surface area contributed by atoms with Crippen LogP contribution in [0, 0.1) is 0 Å². The van der Waals surface area contributed by atoms with Crippen molar-refractivity contribution >= 4 is 21.5 Å². The van der Waals surface area contributed by atoms with Gasteiger partial charge in [0.1, 0.15) is 0 Å². The van der Waals surface area contributed by atoms with Gasteiger partial charge in [0.15, 0.2) is 0 Å². The third-order valence-corrected chi connectivity index (χ3v) is 13.8. The molecule has 0 atom stereocenters. The average molecular weight is 661 g/mol. The smallest absolute Gasteiger partial charge is 0.0349 e. The lowest BCUT2D eigenvalue weighted by Gasteiger charge is -2.42. The molecule has 0 heteroatoms. The molecule has 8 bridgehead atoms. The Bertz CT molecular complexity index is 2400. The van der Waals surface area contributed by atoms with Gasteiger partial charge in [-0.05, 0) is 161 Å². The maximum atomic E-state index is 2.63. The molecule has 16 rings (SSSR count). The first-order chi connectivity index (χ1) is 25.8. The minimum Gasteiger partial charge on any atom is -0.0619 e. The van der Waals surface area contributed by atoms with Crippen molar-refractivity contribution in [3.8, 4) is 0 Å². The first kappa shape index (κ1) is 27.9. The third kappa shape index (κ3) is 3.48. The maximum Gasteiger partial charge on any atom is 0.0349 e. The Labute approximate surface area is 304 Å². The molecule has 0 unspecified atom stereocenters. The summed E-state index contributed by atoms with van der Waals surface area (Å²) in [7, 11) is 0. The van der Waals surface area contributed by atoms with E-state index in [9.17, 15) is 0 Å². The van der Waals surface area contributed by atoms with E-state index in [-0.39, 0.29) is 0 Å². The van der Waals surface area contributed by atoms with Gasteiger partial charge in [-0.3, -0.25) is 0 Å².